The Bertz CT molecular complexity index is 602. The Morgan fingerprint density at radius 1 is 1.35 bits per heavy atom. The number of likely N-dealkylation sites (tertiary alicyclic amines) is 1. The molecule has 3 rings (SSSR count). The quantitative estimate of drug-likeness (QED) is 0.902. The molecule has 0 saturated carbocycles. The lowest BCUT2D eigenvalue weighted by molar-refractivity contribution is 0.0926. The van der Waals surface area contributed by atoms with E-state index in [4.69, 9.17) is 0 Å². The predicted octanol–water partition coefficient (Wildman–Crippen LogP) is 1.33. The van der Waals surface area contributed by atoms with E-state index in [0.29, 0.717) is 12.5 Å². The van der Waals surface area contributed by atoms with Crippen LogP contribution in [-0.2, 0) is 7.05 Å². The van der Waals surface area contributed by atoms with Gasteiger partial charge in [0.05, 0.1) is 0 Å². The van der Waals surface area contributed by atoms with Crippen molar-refractivity contribution >= 4 is 17.7 Å². The summed E-state index contributed by atoms with van der Waals surface area (Å²) in [6.45, 7) is 2.95. The van der Waals surface area contributed by atoms with Crippen molar-refractivity contribution < 1.29 is 4.79 Å². The normalized spacial score (nSPS) is 23.1. The van der Waals surface area contributed by atoms with Crippen LogP contribution >= 0.6 is 11.8 Å². The second-order valence-electron chi connectivity index (χ2n) is 6.54. The Balaban J connectivity index is 1.47. The Morgan fingerprint density at radius 2 is 2.13 bits per heavy atom. The maximum Gasteiger partial charge on any atom is 0.263 e. The topological polar surface area (TPSA) is 54.3 Å². The van der Waals surface area contributed by atoms with Gasteiger partial charge in [0.25, 0.3) is 11.5 Å². The number of hydrogen-bond acceptors (Lipinski definition) is 4. The van der Waals surface area contributed by atoms with Gasteiger partial charge in [0.1, 0.15) is 5.56 Å². The SMILES string of the molecule is Cn1cccc(C(=O)NCC2CCN([C@@H]3CCSC3)CC2)c1=O. The standard InChI is InChI=1S/C17H25N3O2S/c1-19-7-2-3-15(17(19)22)16(21)18-11-13-4-8-20(9-5-13)14-6-10-23-12-14/h2-3,7,13-14H,4-6,8-12H2,1H3,(H,18,21)/t14-/m1/s1. The number of pyridine rings is 1. The summed E-state index contributed by atoms with van der Waals surface area (Å²) in [4.78, 5) is 26.8. The molecule has 126 valence electrons. The van der Waals surface area contributed by atoms with Crippen molar-refractivity contribution in [2.24, 2.45) is 13.0 Å². The van der Waals surface area contributed by atoms with Crippen molar-refractivity contribution in [2.75, 3.05) is 31.1 Å². The number of amides is 1. The molecule has 1 amide bonds. The Labute approximate surface area is 141 Å². The van der Waals surface area contributed by atoms with E-state index < -0.39 is 0 Å². The predicted molar refractivity (Wildman–Crippen MR) is 94.0 cm³/mol. The Hall–Kier alpha value is -1.27. The van der Waals surface area contributed by atoms with Crippen molar-refractivity contribution in [3.63, 3.8) is 0 Å². The molecule has 2 aliphatic rings. The highest BCUT2D eigenvalue weighted by Gasteiger charge is 2.27. The number of aromatic nitrogens is 1. The minimum absolute atomic E-state index is 0.232. The highest BCUT2D eigenvalue weighted by molar-refractivity contribution is 7.99. The maximum atomic E-state index is 12.2. The first kappa shape index (κ1) is 16.6. The van der Waals surface area contributed by atoms with Gasteiger partial charge in [-0.2, -0.15) is 11.8 Å². The van der Waals surface area contributed by atoms with E-state index in [1.807, 2.05) is 0 Å². The molecule has 2 saturated heterocycles. The van der Waals surface area contributed by atoms with Crippen LogP contribution in [0.25, 0.3) is 0 Å². The van der Waals surface area contributed by atoms with Crippen LogP contribution in [-0.4, -0.2) is 52.6 Å². The molecule has 1 aromatic heterocycles. The molecule has 2 aliphatic heterocycles. The van der Waals surface area contributed by atoms with Crippen LogP contribution in [0.1, 0.15) is 29.6 Å². The van der Waals surface area contributed by atoms with Gasteiger partial charge in [-0.15, -0.1) is 0 Å². The highest BCUT2D eigenvalue weighted by Crippen LogP contribution is 2.26. The highest BCUT2D eigenvalue weighted by atomic mass is 32.2. The summed E-state index contributed by atoms with van der Waals surface area (Å²) in [5, 5.41) is 2.95. The van der Waals surface area contributed by atoms with Crippen LogP contribution in [0.5, 0.6) is 0 Å². The smallest absolute Gasteiger partial charge is 0.263 e. The fraction of sp³-hybridized carbons (Fsp3) is 0.647. The molecule has 0 unspecified atom stereocenters. The van der Waals surface area contributed by atoms with Gasteiger partial charge in [0.15, 0.2) is 0 Å². The number of carbonyl (C=O) groups excluding carboxylic acids is 1. The molecule has 1 atom stereocenters. The molecule has 0 aliphatic carbocycles. The van der Waals surface area contributed by atoms with Crippen LogP contribution in [0.3, 0.4) is 0 Å². The number of piperidine rings is 1. The molecule has 0 radical (unpaired) electrons. The maximum absolute atomic E-state index is 12.2. The summed E-state index contributed by atoms with van der Waals surface area (Å²) in [5.41, 5.74) is -0.00558. The molecule has 3 heterocycles. The molecule has 1 aromatic rings. The Morgan fingerprint density at radius 3 is 2.83 bits per heavy atom. The van der Waals surface area contributed by atoms with Crippen LogP contribution in [0.4, 0.5) is 0 Å². The van der Waals surface area contributed by atoms with E-state index in [-0.39, 0.29) is 17.0 Å². The third-order valence-corrected chi connectivity index (χ3v) is 6.14. The molecule has 2 fully saturated rings. The number of nitrogens with one attached hydrogen (secondary N) is 1. The van der Waals surface area contributed by atoms with E-state index in [2.05, 4.69) is 22.0 Å². The van der Waals surface area contributed by atoms with Gasteiger partial charge in [0, 0.05) is 31.6 Å². The fourth-order valence-electron chi connectivity index (χ4n) is 3.43. The number of aryl methyl sites for hydroxylation is 1. The summed E-state index contributed by atoms with van der Waals surface area (Å²) in [5.74, 6) is 2.85. The third kappa shape index (κ3) is 3.98. The first-order chi connectivity index (χ1) is 11.1. The average Bonchev–Trinajstić information content (AvgIpc) is 3.10. The molecule has 0 spiro atoms. The number of hydrogen-bond donors (Lipinski definition) is 1. The molecule has 0 bridgehead atoms. The summed E-state index contributed by atoms with van der Waals surface area (Å²) < 4.78 is 1.44. The molecular formula is C17H25N3O2S. The van der Waals surface area contributed by atoms with Gasteiger partial charge in [-0.05, 0) is 56.2 Å². The van der Waals surface area contributed by atoms with Crippen LogP contribution in [0.2, 0.25) is 0 Å². The van der Waals surface area contributed by atoms with Crippen molar-refractivity contribution in [2.45, 2.75) is 25.3 Å². The summed E-state index contributed by atoms with van der Waals surface area (Å²) in [6.07, 6.45) is 5.25. The van der Waals surface area contributed by atoms with Crippen molar-refractivity contribution in [3.8, 4) is 0 Å². The van der Waals surface area contributed by atoms with Gasteiger partial charge >= 0.3 is 0 Å². The monoisotopic (exact) mass is 335 g/mol. The van der Waals surface area contributed by atoms with Crippen LogP contribution < -0.4 is 10.9 Å². The van der Waals surface area contributed by atoms with Gasteiger partial charge in [-0.25, -0.2) is 0 Å². The summed E-state index contributed by atoms with van der Waals surface area (Å²) >= 11 is 2.06. The second kappa shape index (κ2) is 7.53. The zero-order valence-corrected chi connectivity index (χ0v) is 14.5. The van der Waals surface area contributed by atoms with Gasteiger partial charge in [-0.1, -0.05) is 0 Å². The van der Waals surface area contributed by atoms with Gasteiger partial charge < -0.3 is 9.88 Å². The third-order valence-electron chi connectivity index (χ3n) is 4.99. The molecule has 23 heavy (non-hydrogen) atoms. The molecule has 0 aromatic carbocycles. The minimum atomic E-state index is -0.249. The molecule has 1 N–H and O–H groups in total. The van der Waals surface area contributed by atoms with Crippen molar-refractivity contribution in [1.82, 2.24) is 14.8 Å². The van der Waals surface area contributed by atoms with Crippen molar-refractivity contribution in [3.05, 3.63) is 34.2 Å². The zero-order valence-electron chi connectivity index (χ0n) is 13.7. The largest absolute Gasteiger partial charge is 0.352 e. The van der Waals surface area contributed by atoms with Crippen LogP contribution in [0.15, 0.2) is 23.1 Å². The first-order valence-electron chi connectivity index (χ1n) is 8.41. The van der Waals surface area contributed by atoms with E-state index >= 15 is 0 Å². The lowest BCUT2D eigenvalue weighted by Gasteiger charge is -2.35. The number of rotatable bonds is 4. The number of nitrogens with zero attached hydrogens (tertiary/aromatic N) is 2. The minimum Gasteiger partial charge on any atom is -0.352 e. The number of thioether (sulfide) groups is 1. The molecule has 5 nitrogen and oxygen atoms in total. The summed E-state index contributed by atoms with van der Waals surface area (Å²) in [6, 6.07) is 4.09. The van der Waals surface area contributed by atoms with Crippen molar-refractivity contribution in [1.29, 1.82) is 0 Å². The van der Waals surface area contributed by atoms with Gasteiger partial charge in [-0.3, -0.25) is 14.5 Å². The Kier molecular flexibility index (Phi) is 5.43. The molecule has 6 heteroatoms. The number of carbonyl (C=O) groups is 1. The van der Waals surface area contributed by atoms with E-state index in [1.165, 1.54) is 22.5 Å². The lowest BCUT2D eigenvalue weighted by Crippen LogP contribution is -2.44. The van der Waals surface area contributed by atoms with E-state index in [1.54, 1.807) is 25.4 Å². The second-order valence-corrected chi connectivity index (χ2v) is 7.69. The summed E-state index contributed by atoms with van der Waals surface area (Å²) in [7, 11) is 1.66. The zero-order chi connectivity index (χ0) is 16.2. The first-order valence-corrected chi connectivity index (χ1v) is 9.56. The average molecular weight is 335 g/mol. The van der Waals surface area contributed by atoms with Gasteiger partial charge in [0.2, 0.25) is 0 Å². The van der Waals surface area contributed by atoms with Crippen LogP contribution in [0, 0.1) is 5.92 Å². The van der Waals surface area contributed by atoms with E-state index in [9.17, 15) is 9.59 Å². The fourth-order valence-corrected chi connectivity index (χ4v) is 4.69. The lowest BCUT2D eigenvalue weighted by atomic mass is 9.95. The van der Waals surface area contributed by atoms with E-state index in [0.717, 1.165) is 32.0 Å². The molecular weight excluding hydrogens is 310 g/mol.